The van der Waals surface area contributed by atoms with Crippen LogP contribution in [-0.2, 0) is 10.0 Å². The van der Waals surface area contributed by atoms with Crippen LogP contribution >= 0.6 is 34.8 Å². The van der Waals surface area contributed by atoms with Gasteiger partial charge in [0.2, 0.25) is 10.0 Å². The molecule has 140 valence electrons. The summed E-state index contributed by atoms with van der Waals surface area (Å²) in [4.78, 5) is 11.6. The molecule has 0 fully saturated rings. The molecular weight excluding hydrogens is 425 g/mol. The van der Waals surface area contributed by atoms with Crippen molar-refractivity contribution in [1.29, 1.82) is 0 Å². The Bertz CT molecular complexity index is 951. The standard InChI is InChI=1S/C15H14Cl3N3O4S/c1-2-19-26(24,25)14-9(17)6-7-11(13(14)22)21-15(23)20-10-5-3-4-8(16)12(10)18/h3-7,19,22H,2H2,1H3,(H2,20,21,23). The summed E-state index contributed by atoms with van der Waals surface area (Å²) in [5.41, 5.74) is 0.0899. The molecule has 26 heavy (non-hydrogen) atoms. The molecule has 2 amide bonds. The zero-order chi connectivity index (χ0) is 19.5. The first-order valence-electron chi connectivity index (χ1n) is 7.20. The first-order chi connectivity index (χ1) is 12.2. The summed E-state index contributed by atoms with van der Waals surface area (Å²) >= 11 is 17.7. The van der Waals surface area contributed by atoms with E-state index in [1.54, 1.807) is 19.1 Å². The predicted molar refractivity (Wildman–Crippen MR) is 103 cm³/mol. The topological polar surface area (TPSA) is 108 Å². The maximum atomic E-state index is 12.2. The van der Waals surface area contributed by atoms with E-state index in [2.05, 4.69) is 15.4 Å². The van der Waals surface area contributed by atoms with E-state index in [0.29, 0.717) is 0 Å². The Balaban J connectivity index is 2.30. The highest BCUT2D eigenvalue weighted by Crippen LogP contribution is 2.37. The molecule has 0 unspecified atom stereocenters. The number of nitrogens with one attached hydrogen (secondary N) is 3. The highest BCUT2D eigenvalue weighted by molar-refractivity contribution is 7.89. The second kappa shape index (κ2) is 8.32. The molecule has 0 heterocycles. The molecule has 4 N–H and O–H groups in total. The minimum absolute atomic E-state index is 0.101. The van der Waals surface area contributed by atoms with E-state index in [1.807, 2.05) is 0 Å². The van der Waals surface area contributed by atoms with E-state index < -0.39 is 26.7 Å². The number of carbonyl (C=O) groups excluding carboxylic acids is 1. The third-order valence-electron chi connectivity index (χ3n) is 3.13. The fourth-order valence-electron chi connectivity index (χ4n) is 2.04. The van der Waals surface area contributed by atoms with Gasteiger partial charge >= 0.3 is 6.03 Å². The number of phenols is 1. The van der Waals surface area contributed by atoms with Crippen molar-refractivity contribution in [3.63, 3.8) is 0 Å². The molecule has 0 saturated carbocycles. The van der Waals surface area contributed by atoms with Crippen LogP contribution in [0.2, 0.25) is 15.1 Å². The van der Waals surface area contributed by atoms with Gasteiger partial charge in [-0.15, -0.1) is 0 Å². The molecule has 0 atom stereocenters. The number of carbonyl (C=O) groups is 1. The Morgan fingerprint density at radius 2 is 1.69 bits per heavy atom. The average molecular weight is 439 g/mol. The van der Waals surface area contributed by atoms with Crippen molar-refractivity contribution in [1.82, 2.24) is 4.72 Å². The number of anilines is 2. The summed E-state index contributed by atoms with van der Waals surface area (Å²) < 4.78 is 26.6. The van der Waals surface area contributed by atoms with Crippen molar-refractivity contribution in [3.8, 4) is 5.75 Å². The van der Waals surface area contributed by atoms with Crippen molar-refractivity contribution in [2.75, 3.05) is 17.2 Å². The van der Waals surface area contributed by atoms with E-state index in [9.17, 15) is 18.3 Å². The Morgan fingerprint density at radius 3 is 2.35 bits per heavy atom. The van der Waals surface area contributed by atoms with Crippen molar-refractivity contribution >= 4 is 62.2 Å². The van der Waals surface area contributed by atoms with Crippen molar-refractivity contribution in [3.05, 3.63) is 45.4 Å². The van der Waals surface area contributed by atoms with Crippen LogP contribution in [-0.4, -0.2) is 26.1 Å². The second-order valence-electron chi connectivity index (χ2n) is 4.95. The van der Waals surface area contributed by atoms with Gasteiger partial charge in [-0.3, -0.25) is 0 Å². The molecule has 0 spiro atoms. The van der Waals surface area contributed by atoms with Crippen molar-refractivity contribution < 1.29 is 18.3 Å². The molecule has 0 aliphatic rings. The molecule has 0 saturated heterocycles. The van der Waals surface area contributed by atoms with Gasteiger partial charge in [0, 0.05) is 6.54 Å². The molecule has 0 bridgehead atoms. The zero-order valence-electron chi connectivity index (χ0n) is 13.3. The molecule has 7 nitrogen and oxygen atoms in total. The minimum Gasteiger partial charge on any atom is -0.504 e. The Morgan fingerprint density at radius 1 is 1.04 bits per heavy atom. The summed E-state index contributed by atoms with van der Waals surface area (Å²) in [5.74, 6) is -0.689. The largest absolute Gasteiger partial charge is 0.504 e. The number of benzene rings is 2. The smallest absolute Gasteiger partial charge is 0.323 e. The number of amides is 2. The predicted octanol–water partition coefficient (Wildman–Crippen LogP) is 4.29. The van der Waals surface area contributed by atoms with E-state index in [4.69, 9.17) is 34.8 Å². The molecule has 2 aromatic carbocycles. The maximum absolute atomic E-state index is 12.2. The normalized spacial score (nSPS) is 11.2. The van der Waals surface area contributed by atoms with Crippen LogP contribution in [0.15, 0.2) is 35.2 Å². The van der Waals surface area contributed by atoms with Gasteiger partial charge < -0.3 is 15.7 Å². The number of hydrogen-bond acceptors (Lipinski definition) is 4. The molecule has 11 heteroatoms. The minimum atomic E-state index is -4.04. The van der Waals surface area contributed by atoms with Crippen LogP contribution < -0.4 is 15.4 Å². The van der Waals surface area contributed by atoms with Gasteiger partial charge in [-0.1, -0.05) is 47.8 Å². The summed E-state index contributed by atoms with van der Waals surface area (Å²) in [6, 6.07) is 6.41. The second-order valence-corrected chi connectivity index (χ2v) is 7.85. The van der Waals surface area contributed by atoms with Crippen LogP contribution in [0.1, 0.15) is 6.92 Å². The van der Waals surface area contributed by atoms with Gasteiger partial charge in [0.15, 0.2) is 5.75 Å². The van der Waals surface area contributed by atoms with E-state index >= 15 is 0 Å². The third kappa shape index (κ3) is 4.52. The third-order valence-corrected chi connectivity index (χ3v) is 6.00. The van der Waals surface area contributed by atoms with Crippen molar-refractivity contribution in [2.24, 2.45) is 0 Å². The molecule has 2 rings (SSSR count). The average Bonchev–Trinajstić information content (AvgIpc) is 2.54. The van der Waals surface area contributed by atoms with Crippen LogP contribution in [0.25, 0.3) is 0 Å². The van der Waals surface area contributed by atoms with Gasteiger partial charge in [-0.2, -0.15) is 0 Å². The molecule has 2 aromatic rings. The SMILES string of the molecule is CCNS(=O)(=O)c1c(Cl)ccc(NC(=O)Nc2cccc(Cl)c2Cl)c1O. The van der Waals surface area contributed by atoms with Gasteiger partial charge in [0.25, 0.3) is 0 Å². The van der Waals surface area contributed by atoms with E-state index in [-0.39, 0.29) is 33.0 Å². The Hall–Kier alpha value is -1.71. The highest BCUT2D eigenvalue weighted by Gasteiger charge is 2.24. The summed E-state index contributed by atoms with van der Waals surface area (Å²) in [6.45, 7) is 1.68. The molecule has 0 aliphatic carbocycles. The number of phenolic OH excluding ortho intramolecular Hbond substituents is 1. The van der Waals surface area contributed by atoms with E-state index in [1.165, 1.54) is 18.2 Å². The van der Waals surface area contributed by atoms with Crippen LogP contribution in [0.4, 0.5) is 16.2 Å². The molecule has 0 aromatic heterocycles. The van der Waals surface area contributed by atoms with Crippen LogP contribution in [0.3, 0.4) is 0 Å². The lowest BCUT2D eigenvalue weighted by Crippen LogP contribution is -2.24. The number of sulfonamides is 1. The monoisotopic (exact) mass is 437 g/mol. The number of hydrogen-bond donors (Lipinski definition) is 4. The van der Waals surface area contributed by atoms with Gasteiger partial charge in [0.1, 0.15) is 4.90 Å². The van der Waals surface area contributed by atoms with E-state index in [0.717, 1.165) is 0 Å². The summed E-state index contributed by atoms with van der Waals surface area (Å²) in [5, 5.41) is 15.2. The molecule has 0 aliphatic heterocycles. The number of urea groups is 1. The first kappa shape index (κ1) is 20.6. The molecule has 0 radical (unpaired) electrons. The summed E-state index contributed by atoms with van der Waals surface area (Å²) in [6.07, 6.45) is 0. The Kier molecular flexibility index (Phi) is 6.59. The van der Waals surface area contributed by atoms with Gasteiger partial charge in [0.05, 0.1) is 26.4 Å². The maximum Gasteiger partial charge on any atom is 0.323 e. The fraction of sp³-hybridized carbons (Fsp3) is 0.133. The highest BCUT2D eigenvalue weighted by atomic mass is 35.5. The van der Waals surface area contributed by atoms with Crippen LogP contribution in [0.5, 0.6) is 5.75 Å². The lowest BCUT2D eigenvalue weighted by atomic mass is 10.3. The van der Waals surface area contributed by atoms with Gasteiger partial charge in [-0.25, -0.2) is 17.9 Å². The summed E-state index contributed by atoms with van der Waals surface area (Å²) in [7, 11) is -4.04. The number of halogens is 3. The quantitative estimate of drug-likeness (QED) is 0.522. The fourth-order valence-corrected chi connectivity index (χ4v) is 4.06. The van der Waals surface area contributed by atoms with Crippen LogP contribution in [0, 0.1) is 0 Å². The van der Waals surface area contributed by atoms with Gasteiger partial charge in [-0.05, 0) is 24.3 Å². The lowest BCUT2D eigenvalue weighted by molar-refractivity contribution is 0.262. The Labute approximate surface area is 165 Å². The zero-order valence-corrected chi connectivity index (χ0v) is 16.4. The number of rotatable bonds is 5. The molecular formula is C15H14Cl3N3O4S. The lowest BCUT2D eigenvalue weighted by Gasteiger charge is -2.14. The first-order valence-corrected chi connectivity index (χ1v) is 9.82. The number of aromatic hydroxyl groups is 1. The van der Waals surface area contributed by atoms with Crippen molar-refractivity contribution in [2.45, 2.75) is 11.8 Å².